The van der Waals surface area contributed by atoms with E-state index in [9.17, 15) is 13.2 Å². The van der Waals surface area contributed by atoms with Crippen LogP contribution in [0, 0.1) is 0 Å². The first-order valence-corrected chi connectivity index (χ1v) is 5.69. The lowest BCUT2D eigenvalue weighted by molar-refractivity contribution is -0.153. The molecule has 0 saturated carbocycles. The van der Waals surface area contributed by atoms with Gasteiger partial charge >= 0.3 is 6.18 Å². The number of halogens is 3. The van der Waals surface area contributed by atoms with E-state index in [1.807, 2.05) is 6.92 Å². The Morgan fingerprint density at radius 1 is 1.44 bits per heavy atom. The summed E-state index contributed by atoms with van der Waals surface area (Å²) in [5.74, 6) is 0.754. The van der Waals surface area contributed by atoms with Crippen molar-refractivity contribution < 1.29 is 22.6 Å². The number of rotatable bonds is 4. The Morgan fingerprint density at radius 2 is 2.22 bits per heavy atom. The van der Waals surface area contributed by atoms with Gasteiger partial charge in [0.1, 0.15) is 18.1 Å². The number of hydrogen-bond acceptors (Lipinski definition) is 3. The zero-order valence-corrected chi connectivity index (χ0v) is 9.88. The van der Waals surface area contributed by atoms with Crippen LogP contribution < -0.4 is 14.8 Å². The zero-order valence-electron chi connectivity index (χ0n) is 9.88. The monoisotopic (exact) mass is 261 g/mol. The molecular weight excluding hydrogens is 247 g/mol. The van der Waals surface area contributed by atoms with Crippen molar-refractivity contribution in [2.24, 2.45) is 0 Å². The lowest BCUT2D eigenvalue weighted by Gasteiger charge is -2.11. The summed E-state index contributed by atoms with van der Waals surface area (Å²) in [4.78, 5) is 0. The molecule has 1 aliphatic heterocycles. The summed E-state index contributed by atoms with van der Waals surface area (Å²) in [5.41, 5.74) is 0.955. The molecule has 1 aromatic rings. The minimum atomic E-state index is -4.33. The average molecular weight is 261 g/mol. The summed E-state index contributed by atoms with van der Waals surface area (Å²) in [6, 6.07) is 4.87. The molecule has 1 aromatic carbocycles. The first-order chi connectivity index (χ1) is 8.49. The highest BCUT2D eigenvalue weighted by Gasteiger charge is 2.29. The predicted octanol–water partition coefficient (Wildman–Crippen LogP) is 2.67. The van der Waals surface area contributed by atoms with Gasteiger partial charge in [0.05, 0.1) is 6.04 Å². The quantitative estimate of drug-likeness (QED) is 0.903. The minimum Gasteiger partial charge on any atom is -0.491 e. The van der Waals surface area contributed by atoms with Gasteiger partial charge in [-0.2, -0.15) is 13.2 Å². The van der Waals surface area contributed by atoms with E-state index >= 15 is 0 Å². The van der Waals surface area contributed by atoms with Gasteiger partial charge in [0.2, 0.25) is 0 Å². The van der Waals surface area contributed by atoms with Gasteiger partial charge in [-0.3, -0.25) is 0 Å². The van der Waals surface area contributed by atoms with Crippen LogP contribution in [0.1, 0.15) is 18.5 Å². The lowest BCUT2D eigenvalue weighted by Crippen LogP contribution is -2.21. The molecule has 0 bridgehead atoms. The number of nitrogens with one attached hydrogen (secondary N) is 1. The molecule has 3 nitrogen and oxygen atoms in total. The van der Waals surface area contributed by atoms with Gasteiger partial charge in [-0.05, 0) is 18.7 Å². The van der Waals surface area contributed by atoms with Gasteiger partial charge in [-0.1, -0.05) is 6.92 Å². The van der Waals surface area contributed by atoms with Crippen molar-refractivity contribution in [2.75, 3.05) is 19.8 Å². The molecule has 18 heavy (non-hydrogen) atoms. The van der Waals surface area contributed by atoms with Crippen LogP contribution in [0.4, 0.5) is 13.2 Å². The normalized spacial score (nSPS) is 18.3. The van der Waals surface area contributed by atoms with Crippen molar-refractivity contribution in [1.29, 1.82) is 0 Å². The molecule has 1 unspecified atom stereocenters. The van der Waals surface area contributed by atoms with Gasteiger partial charge in [0.25, 0.3) is 0 Å². The Kier molecular flexibility index (Phi) is 3.65. The van der Waals surface area contributed by atoms with E-state index in [1.165, 1.54) is 12.1 Å². The molecule has 0 aromatic heterocycles. The fraction of sp³-hybridized carbons (Fsp3) is 0.500. The minimum absolute atomic E-state index is 0.0988. The smallest absolute Gasteiger partial charge is 0.422 e. The SMILES string of the molecule is CCNC1COc2cc(OCC(F)(F)F)ccc21. The molecular formula is C12H14F3NO2. The Hall–Kier alpha value is -1.43. The Bertz CT molecular complexity index is 420. The Morgan fingerprint density at radius 3 is 2.89 bits per heavy atom. The summed E-state index contributed by atoms with van der Waals surface area (Å²) >= 11 is 0. The summed E-state index contributed by atoms with van der Waals surface area (Å²) in [6.07, 6.45) is -4.33. The van der Waals surface area contributed by atoms with E-state index in [2.05, 4.69) is 10.1 Å². The van der Waals surface area contributed by atoms with E-state index in [-0.39, 0.29) is 11.8 Å². The van der Waals surface area contributed by atoms with Crippen LogP contribution >= 0.6 is 0 Å². The molecule has 0 radical (unpaired) electrons. The van der Waals surface area contributed by atoms with E-state index in [0.29, 0.717) is 12.4 Å². The highest BCUT2D eigenvalue weighted by Crippen LogP contribution is 2.35. The predicted molar refractivity (Wildman–Crippen MR) is 59.9 cm³/mol. The molecule has 100 valence electrons. The fourth-order valence-electron chi connectivity index (χ4n) is 1.86. The number of likely N-dealkylation sites (N-methyl/N-ethyl adjacent to an activating group) is 1. The first kappa shape index (κ1) is 13.0. The fourth-order valence-corrected chi connectivity index (χ4v) is 1.86. The maximum absolute atomic E-state index is 12.0. The van der Waals surface area contributed by atoms with Crippen LogP contribution in [0.2, 0.25) is 0 Å². The molecule has 0 amide bonds. The van der Waals surface area contributed by atoms with Gasteiger partial charge in [0.15, 0.2) is 6.61 Å². The number of benzene rings is 1. The van der Waals surface area contributed by atoms with Gasteiger partial charge in [0, 0.05) is 11.6 Å². The van der Waals surface area contributed by atoms with Crippen molar-refractivity contribution in [1.82, 2.24) is 5.32 Å². The molecule has 0 fully saturated rings. The van der Waals surface area contributed by atoms with Crippen molar-refractivity contribution in [3.8, 4) is 11.5 Å². The van der Waals surface area contributed by atoms with Crippen molar-refractivity contribution in [2.45, 2.75) is 19.1 Å². The van der Waals surface area contributed by atoms with E-state index < -0.39 is 12.8 Å². The molecule has 0 saturated heterocycles. The highest BCUT2D eigenvalue weighted by atomic mass is 19.4. The number of alkyl halides is 3. The molecule has 1 aliphatic rings. The summed E-state index contributed by atoms with van der Waals surface area (Å²) in [6.45, 7) is 1.99. The number of fused-ring (bicyclic) bond motifs is 1. The number of hydrogen-bond donors (Lipinski definition) is 1. The summed E-state index contributed by atoms with van der Waals surface area (Å²) in [7, 11) is 0. The van der Waals surface area contributed by atoms with Crippen molar-refractivity contribution in [3.05, 3.63) is 23.8 Å². The third-order valence-corrected chi connectivity index (χ3v) is 2.62. The van der Waals surface area contributed by atoms with Crippen molar-refractivity contribution >= 4 is 0 Å². The second-order valence-corrected chi connectivity index (χ2v) is 4.02. The summed E-state index contributed by atoms with van der Waals surface area (Å²) < 4.78 is 46.1. The molecule has 1 heterocycles. The van der Waals surface area contributed by atoms with Crippen LogP contribution in [0.3, 0.4) is 0 Å². The van der Waals surface area contributed by atoms with Gasteiger partial charge < -0.3 is 14.8 Å². The molecule has 0 spiro atoms. The largest absolute Gasteiger partial charge is 0.491 e. The molecule has 0 aliphatic carbocycles. The third kappa shape index (κ3) is 3.07. The second-order valence-electron chi connectivity index (χ2n) is 4.02. The van der Waals surface area contributed by atoms with E-state index in [4.69, 9.17) is 4.74 Å². The van der Waals surface area contributed by atoms with Crippen LogP contribution in [-0.2, 0) is 0 Å². The highest BCUT2D eigenvalue weighted by molar-refractivity contribution is 5.45. The van der Waals surface area contributed by atoms with Gasteiger partial charge in [-0.25, -0.2) is 0 Å². The lowest BCUT2D eigenvalue weighted by atomic mass is 10.1. The third-order valence-electron chi connectivity index (χ3n) is 2.62. The maximum atomic E-state index is 12.0. The van der Waals surface area contributed by atoms with Gasteiger partial charge in [-0.15, -0.1) is 0 Å². The molecule has 1 atom stereocenters. The molecule has 1 N–H and O–H groups in total. The number of ether oxygens (including phenoxy) is 2. The van der Waals surface area contributed by atoms with E-state index in [0.717, 1.165) is 12.1 Å². The first-order valence-electron chi connectivity index (χ1n) is 5.69. The summed E-state index contributed by atoms with van der Waals surface area (Å²) in [5, 5.41) is 3.23. The second kappa shape index (κ2) is 5.06. The van der Waals surface area contributed by atoms with Crippen LogP contribution in [0.15, 0.2) is 18.2 Å². The van der Waals surface area contributed by atoms with Crippen molar-refractivity contribution in [3.63, 3.8) is 0 Å². The van der Waals surface area contributed by atoms with Crippen LogP contribution in [0.25, 0.3) is 0 Å². The Balaban J connectivity index is 2.05. The van der Waals surface area contributed by atoms with Crippen LogP contribution in [0.5, 0.6) is 11.5 Å². The molecule has 2 rings (SSSR count). The topological polar surface area (TPSA) is 30.5 Å². The Labute approximate surface area is 103 Å². The van der Waals surface area contributed by atoms with E-state index in [1.54, 1.807) is 6.07 Å². The zero-order chi connectivity index (χ0) is 13.2. The standard InChI is InChI=1S/C12H14F3NO2/c1-2-16-10-6-17-11-5-8(3-4-9(10)11)18-7-12(13,14)15/h3-5,10,16H,2,6-7H2,1H3. The molecule has 6 heteroatoms. The average Bonchev–Trinajstić information content (AvgIpc) is 2.69. The van der Waals surface area contributed by atoms with Crippen LogP contribution in [-0.4, -0.2) is 25.9 Å². The maximum Gasteiger partial charge on any atom is 0.422 e.